The van der Waals surface area contributed by atoms with Crippen LogP contribution in [0.5, 0.6) is 5.75 Å². The number of benzene rings is 1. The molecule has 0 aliphatic rings. The highest BCUT2D eigenvalue weighted by atomic mass is 16.4. The Morgan fingerprint density at radius 1 is 1.50 bits per heavy atom. The minimum atomic E-state index is -1.37. The van der Waals surface area contributed by atoms with E-state index in [1.165, 1.54) is 6.07 Å². The lowest BCUT2D eigenvalue weighted by atomic mass is 10.0. The summed E-state index contributed by atoms with van der Waals surface area (Å²) < 4.78 is 0. The van der Waals surface area contributed by atoms with Gasteiger partial charge in [0.25, 0.3) is 0 Å². The summed E-state index contributed by atoms with van der Waals surface area (Å²) in [6, 6.07) is 3.98. The molecule has 0 unspecified atom stereocenters. The molecular formula is C9H7NO4. The van der Waals surface area contributed by atoms with Gasteiger partial charge in [-0.1, -0.05) is 0 Å². The Kier molecular flexibility index (Phi) is 2.70. The third kappa shape index (κ3) is 1.65. The number of hydrogen-bond acceptors (Lipinski definition) is 4. The van der Waals surface area contributed by atoms with Gasteiger partial charge in [0.1, 0.15) is 17.4 Å². The minimum absolute atomic E-state index is 0.165. The van der Waals surface area contributed by atoms with E-state index >= 15 is 0 Å². The number of carboxylic acids is 1. The number of aromatic carboxylic acids is 1. The van der Waals surface area contributed by atoms with Crippen molar-refractivity contribution in [2.24, 2.45) is 0 Å². The third-order valence-electron chi connectivity index (χ3n) is 1.69. The smallest absolute Gasteiger partial charge is 0.340 e. The lowest BCUT2D eigenvalue weighted by Gasteiger charge is -2.04. The molecule has 0 heterocycles. The van der Waals surface area contributed by atoms with Gasteiger partial charge in [-0.2, -0.15) is 5.26 Å². The van der Waals surface area contributed by atoms with Crippen LogP contribution in [0, 0.1) is 11.3 Å². The van der Waals surface area contributed by atoms with Gasteiger partial charge < -0.3 is 15.3 Å². The van der Waals surface area contributed by atoms with Crippen LogP contribution < -0.4 is 0 Å². The second-order valence-corrected chi connectivity index (χ2v) is 2.61. The monoisotopic (exact) mass is 193 g/mol. The highest BCUT2D eigenvalue weighted by Crippen LogP contribution is 2.23. The van der Waals surface area contributed by atoms with Crippen LogP contribution in [0.3, 0.4) is 0 Å². The van der Waals surface area contributed by atoms with Crippen molar-refractivity contribution in [2.45, 2.75) is 6.61 Å². The number of nitriles is 1. The van der Waals surface area contributed by atoms with E-state index in [0.29, 0.717) is 5.56 Å². The molecule has 0 bridgehead atoms. The molecule has 0 aromatic heterocycles. The molecule has 5 nitrogen and oxygen atoms in total. The van der Waals surface area contributed by atoms with Crippen LogP contribution in [0.4, 0.5) is 0 Å². The number of phenols is 1. The van der Waals surface area contributed by atoms with Gasteiger partial charge in [-0.05, 0) is 17.7 Å². The molecule has 0 fully saturated rings. The fraction of sp³-hybridized carbons (Fsp3) is 0.111. The molecule has 14 heavy (non-hydrogen) atoms. The van der Waals surface area contributed by atoms with E-state index in [2.05, 4.69) is 0 Å². The fourth-order valence-electron chi connectivity index (χ4n) is 1.09. The maximum atomic E-state index is 10.6. The van der Waals surface area contributed by atoms with E-state index < -0.39 is 17.3 Å². The average Bonchev–Trinajstić information content (AvgIpc) is 2.15. The molecule has 1 rings (SSSR count). The van der Waals surface area contributed by atoms with Crippen molar-refractivity contribution >= 4 is 5.97 Å². The summed E-state index contributed by atoms with van der Waals surface area (Å²) in [4.78, 5) is 10.6. The average molecular weight is 193 g/mol. The zero-order valence-electron chi connectivity index (χ0n) is 7.06. The lowest BCUT2D eigenvalue weighted by molar-refractivity contribution is 0.0693. The van der Waals surface area contributed by atoms with Crippen molar-refractivity contribution in [3.63, 3.8) is 0 Å². The van der Waals surface area contributed by atoms with Gasteiger partial charge in [0, 0.05) is 0 Å². The van der Waals surface area contributed by atoms with Crippen LogP contribution >= 0.6 is 0 Å². The topological polar surface area (TPSA) is 102 Å². The number of aromatic hydroxyl groups is 1. The molecule has 5 heteroatoms. The first-order valence-electron chi connectivity index (χ1n) is 3.70. The second kappa shape index (κ2) is 3.77. The van der Waals surface area contributed by atoms with E-state index in [1.807, 2.05) is 0 Å². The van der Waals surface area contributed by atoms with E-state index in [-0.39, 0.29) is 12.2 Å². The Hall–Kier alpha value is -2.06. The second-order valence-electron chi connectivity index (χ2n) is 2.61. The number of carbonyl (C=O) groups is 1. The number of hydrogen-bond donors (Lipinski definition) is 3. The molecular weight excluding hydrogens is 186 g/mol. The van der Waals surface area contributed by atoms with E-state index in [4.69, 9.17) is 15.5 Å². The van der Waals surface area contributed by atoms with Crippen molar-refractivity contribution in [3.05, 3.63) is 28.8 Å². The van der Waals surface area contributed by atoms with E-state index in [9.17, 15) is 9.90 Å². The van der Waals surface area contributed by atoms with Crippen molar-refractivity contribution in [1.82, 2.24) is 0 Å². The quantitative estimate of drug-likeness (QED) is 0.633. The first-order chi connectivity index (χ1) is 6.60. The third-order valence-corrected chi connectivity index (χ3v) is 1.69. The number of aliphatic hydroxyl groups excluding tert-OH is 1. The van der Waals surface area contributed by atoms with Crippen LogP contribution in [-0.4, -0.2) is 21.3 Å². The summed E-state index contributed by atoms with van der Waals surface area (Å²) >= 11 is 0. The van der Waals surface area contributed by atoms with Crippen LogP contribution in [0.1, 0.15) is 21.5 Å². The van der Waals surface area contributed by atoms with Gasteiger partial charge in [0.05, 0.1) is 12.2 Å². The molecule has 0 atom stereocenters. The summed E-state index contributed by atoms with van der Waals surface area (Å²) in [5.41, 5.74) is -0.310. The molecule has 3 N–H and O–H groups in total. The molecule has 0 aliphatic carbocycles. The van der Waals surface area contributed by atoms with Crippen molar-refractivity contribution in [2.75, 3.05) is 0 Å². The fourth-order valence-corrected chi connectivity index (χ4v) is 1.09. The van der Waals surface area contributed by atoms with E-state index in [1.54, 1.807) is 6.07 Å². The molecule has 0 amide bonds. The van der Waals surface area contributed by atoms with Crippen molar-refractivity contribution in [3.8, 4) is 11.8 Å². The maximum Gasteiger partial charge on any atom is 0.340 e. The van der Waals surface area contributed by atoms with Gasteiger partial charge in [0.15, 0.2) is 0 Å². The highest BCUT2D eigenvalue weighted by molar-refractivity contribution is 5.93. The highest BCUT2D eigenvalue weighted by Gasteiger charge is 2.16. The minimum Gasteiger partial charge on any atom is -0.507 e. The molecule has 1 aromatic carbocycles. The number of aliphatic hydroxyl groups is 1. The zero-order valence-corrected chi connectivity index (χ0v) is 7.06. The summed E-state index contributed by atoms with van der Waals surface area (Å²) in [5, 5.41) is 35.3. The molecule has 0 saturated heterocycles. The van der Waals surface area contributed by atoms with Crippen molar-refractivity contribution in [1.29, 1.82) is 5.26 Å². The predicted octanol–water partition coefficient (Wildman–Crippen LogP) is 0.454. The Bertz CT molecular complexity index is 420. The van der Waals surface area contributed by atoms with Gasteiger partial charge in [-0.3, -0.25) is 0 Å². The van der Waals surface area contributed by atoms with Gasteiger partial charge in [-0.15, -0.1) is 0 Å². The summed E-state index contributed by atoms with van der Waals surface area (Å²) in [5.74, 6) is -1.89. The Morgan fingerprint density at radius 3 is 2.57 bits per heavy atom. The number of rotatable bonds is 2. The number of carboxylic acid groups (broad SMARTS) is 1. The number of nitrogens with zero attached hydrogens (tertiary/aromatic N) is 1. The van der Waals surface area contributed by atoms with Crippen molar-refractivity contribution < 1.29 is 20.1 Å². The molecule has 1 aromatic rings. The standard InChI is InChI=1S/C9H7NO4/c10-3-6-1-5(4-11)2-7(12)8(6)9(13)14/h1-2,11-12H,4H2,(H,13,14). The van der Waals surface area contributed by atoms with Crippen LogP contribution in [0.2, 0.25) is 0 Å². The molecule has 72 valence electrons. The van der Waals surface area contributed by atoms with Gasteiger partial charge in [-0.25, -0.2) is 4.79 Å². The predicted molar refractivity (Wildman–Crippen MR) is 45.7 cm³/mol. The normalized spacial score (nSPS) is 9.43. The van der Waals surface area contributed by atoms with Gasteiger partial charge in [0.2, 0.25) is 0 Å². The lowest BCUT2D eigenvalue weighted by Crippen LogP contribution is -2.02. The maximum absolute atomic E-state index is 10.6. The molecule has 0 spiro atoms. The SMILES string of the molecule is N#Cc1cc(CO)cc(O)c1C(=O)O. The Labute approximate surface area is 79.5 Å². The van der Waals surface area contributed by atoms with Crippen LogP contribution in [0.25, 0.3) is 0 Å². The first-order valence-corrected chi connectivity index (χ1v) is 3.70. The van der Waals surface area contributed by atoms with Crippen LogP contribution in [-0.2, 0) is 6.61 Å². The summed E-state index contributed by atoms with van der Waals surface area (Å²) in [7, 11) is 0. The first kappa shape index (κ1) is 10.0. The Balaban J connectivity index is 3.44. The largest absolute Gasteiger partial charge is 0.507 e. The Morgan fingerprint density at radius 2 is 2.14 bits per heavy atom. The molecule has 0 saturated carbocycles. The molecule has 0 radical (unpaired) electrons. The summed E-state index contributed by atoms with van der Waals surface area (Å²) in [6.07, 6.45) is 0. The van der Waals surface area contributed by atoms with Gasteiger partial charge >= 0.3 is 5.97 Å². The van der Waals surface area contributed by atoms with E-state index in [0.717, 1.165) is 6.07 Å². The summed E-state index contributed by atoms with van der Waals surface area (Å²) in [6.45, 7) is -0.359. The zero-order chi connectivity index (χ0) is 10.7. The van der Waals surface area contributed by atoms with Crippen LogP contribution in [0.15, 0.2) is 12.1 Å². The molecule has 0 aliphatic heterocycles.